The summed E-state index contributed by atoms with van der Waals surface area (Å²) in [6.07, 6.45) is 9.87. The van der Waals surface area contributed by atoms with Crippen LogP contribution in [0.4, 0.5) is 0 Å². The molecule has 2 aromatic heterocycles. The highest BCUT2D eigenvalue weighted by Gasteiger charge is 2.21. The number of rotatable bonds is 0. The number of carbonyl (C=O) groups excluding carboxylic acids is 2. The molecule has 0 amide bonds. The van der Waals surface area contributed by atoms with Crippen molar-refractivity contribution in [2.24, 2.45) is 0 Å². The van der Waals surface area contributed by atoms with Gasteiger partial charge in [0.25, 0.3) is 0 Å². The second-order valence-corrected chi connectivity index (χ2v) is 8.91. The zero-order chi connectivity index (χ0) is 24.5. The maximum absolute atomic E-state index is 12.5. The van der Waals surface area contributed by atoms with E-state index in [1.165, 1.54) is 12.3 Å². The van der Waals surface area contributed by atoms with Crippen LogP contribution in [0.25, 0.3) is 0 Å². The van der Waals surface area contributed by atoms with Gasteiger partial charge in [0.05, 0.1) is 0 Å². The molecule has 0 radical (unpaired) electrons. The lowest BCUT2D eigenvalue weighted by atomic mass is 10.00. The lowest BCUT2D eigenvalue weighted by Crippen LogP contribution is -2.15. The van der Waals surface area contributed by atoms with Crippen LogP contribution < -0.4 is 11.3 Å². The Balaban J connectivity index is 1.69. The topological polar surface area (TPSA) is 135 Å². The largest absolute Gasteiger partial charge is 0.507 e. The van der Waals surface area contributed by atoms with Crippen molar-refractivity contribution in [3.8, 4) is 11.5 Å². The van der Waals surface area contributed by atoms with Gasteiger partial charge in [-0.05, 0) is 32.1 Å². The van der Waals surface area contributed by atoms with E-state index in [1.807, 2.05) is 0 Å². The molecule has 34 heavy (non-hydrogen) atoms. The molecule has 2 N–H and O–H groups in total. The third-order valence-electron chi connectivity index (χ3n) is 6.27. The molecule has 2 aromatic rings. The molecule has 4 rings (SSSR count). The molecule has 0 atom stereocenters. The zero-order valence-corrected chi connectivity index (χ0v) is 19.4. The summed E-state index contributed by atoms with van der Waals surface area (Å²) >= 11 is 0. The minimum Gasteiger partial charge on any atom is -0.507 e. The van der Waals surface area contributed by atoms with Crippen LogP contribution >= 0.6 is 0 Å². The van der Waals surface area contributed by atoms with Gasteiger partial charge in [-0.3, -0.25) is 9.59 Å². The first kappa shape index (κ1) is 25.5. The molecule has 0 saturated carbocycles. The molecule has 2 aliphatic rings. The Labute approximate surface area is 197 Å². The molecule has 184 valence electrons. The van der Waals surface area contributed by atoms with Crippen LogP contribution in [0.2, 0.25) is 0 Å². The van der Waals surface area contributed by atoms with Gasteiger partial charge in [0.15, 0.2) is 11.6 Å². The van der Waals surface area contributed by atoms with Crippen LogP contribution in [0.3, 0.4) is 0 Å². The molecule has 0 unspecified atom stereocenters. The number of hydrogen-bond donors (Lipinski definition) is 2. The number of ketones is 2. The molecule has 1 aliphatic heterocycles. The van der Waals surface area contributed by atoms with Crippen LogP contribution in [0.15, 0.2) is 30.8 Å². The van der Waals surface area contributed by atoms with Gasteiger partial charge < -0.3 is 19.0 Å². The van der Waals surface area contributed by atoms with E-state index in [-0.39, 0.29) is 35.5 Å². The Morgan fingerprint density at radius 3 is 1.76 bits per heavy atom. The summed E-state index contributed by atoms with van der Waals surface area (Å²) in [6.45, 7) is 0. The van der Waals surface area contributed by atoms with Gasteiger partial charge in [0.1, 0.15) is 34.6 Å². The minimum atomic E-state index is -0.812. The SMILES string of the molecule is O=C1CCCCCCCC(=O)c2c(O)c(coc2=O)CCCCCCCc2cc(O)c1c(=O)o2. The van der Waals surface area contributed by atoms with Crippen molar-refractivity contribution in [2.75, 3.05) is 0 Å². The van der Waals surface area contributed by atoms with Crippen molar-refractivity contribution in [1.82, 2.24) is 0 Å². The number of aryl methyl sites for hydroxylation is 2. The first-order valence-electron chi connectivity index (χ1n) is 12.1. The first-order chi connectivity index (χ1) is 16.4. The van der Waals surface area contributed by atoms with Crippen LogP contribution in [0.1, 0.15) is 109 Å². The Bertz CT molecular complexity index is 1120. The van der Waals surface area contributed by atoms with Gasteiger partial charge >= 0.3 is 11.3 Å². The summed E-state index contributed by atoms with van der Waals surface area (Å²) in [5, 5.41) is 20.7. The molecular formula is C26H32O8. The number of hydrogen-bond acceptors (Lipinski definition) is 8. The number of aromatic hydroxyl groups is 2. The van der Waals surface area contributed by atoms with E-state index in [0.29, 0.717) is 49.8 Å². The summed E-state index contributed by atoms with van der Waals surface area (Å²) in [4.78, 5) is 49.2. The third-order valence-corrected chi connectivity index (χ3v) is 6.27. The van der Waals surface area contributed by atoms with E-state index in [9.17, 15) is 29.4 Å². The van der Waals surface area contributed by atoms with Crippen molar-refractivity contribution in [3.05, 3.63) is 55.6 Å². The second-order valence-electron chi connectivity index (χ2n) is 8.91. The van der Waals surface area contributed by atoms with Gasteiger partial charge in [-0.15, -0.1) is 0 Å². The lowest BCUT2D eigenvalue weighted by molar-refractivity contribution is 0.0965. The summed E-state index contributed by atoms with van der Waals surface area (Å²) in [6, 6.07) is 1.37. The van der Waals surface area contributed by atoms with Crippen molar-refractivity contribution in [1.29, 1.82) is 0 Å². The fourth-order valence-corrected chi connectivity index (χ4v) is 4.32. The molecule has 0 aromatic carbocycles. The van der Waals surface area contributed by atoms with Gasteiger partial charge in [-0.1, -0.05) is 38.5 Å². The Morgan fingerprint density at radius 1 is 0.618 bits per heavy atom. The number of fused-ring (bicyclic) bond motifs is 16. The highest BCUT2D eigenvalue weighted by molar-refractivity contribution is 5.98. The number of carbonyl (C=O) groups is 2. The van der Waals surface area contributed by atoms with Gasteiger partial charge in [-0.25, -0.2) is 9.59 Å². The average Bonchev–Trinajstić information content (AvgIpc) is 2.78. The normalized spacial score (nSPS) is 17.5. The highest BCUT2D eigenvalue weighted by atomic mass is 16.4. The maximum Gasteiger partial charge on any atom is 0.350 e. The Hall–Kier alpha value is -3.16. The average molecular weight is 473 g/mol. The van der Waals surface area contributed by atoms with E-state index >= 15 is 0 Å². The molecule has 8 nitrogen and oxygen atoms in total. The lowest BCUT2D eigenvalue weighted by Gasteiger charge is -2.08. The monoisotopic (exact) mass is 472 g/mol. The van der Waals surface area contributed by atoms with Crippen molar-refractivity contribution >= 4 is 11.6 Å². The van der Waals surface area contributed by atoms with Crippen molar-refractivity contribution in [2.45, 2.75) is 89.9 Å². The fraction of sp³-hybridized carbons (Fsp3) is 0.538. The van der Waals surface area contributed by atoms with E-state index in [4.69, 9.17) is 8.83 Å². The van der Waals surface area contributed by atoms with Crippen LogP contribution in [-0.4, -0.2) is 21.8 Å². The van der Waals surface area contributed by atoms with Crippen LogP contribution in [0, 0.1) is 0 Å². The standard InChI is InChI=1S/C26H32O8/c27-19-13-9-5-2-6-10-14-20(28)23-24(30)17(16-33-25(23)31)11-7-3-1-4-8-12-18-15-21(29)22(19)26(32)34-18/h15-16,29-30H,1-14H2. The third kappa shape index (κ3) is 6.68. The molecule has 0 saturated heterocycles. The van der Waals surface area contributed by atoms with E-state index in [2.05, 4.69) is 0 Å². The van der Waals surface area contributed by atoms with Crippen molar-refractivity contribution < 1.29 is 28.6 Å². The summed E-state index contributed by atoms with van der Waals surface area (Å²) < 4.78 is 10.3. The predicted octanol–water partition coefficient (Wildman–Crippen LogP) is 4.85. The highest BCUT2D eigenvalue weighted by Crippen LogP contribution is 2.24. The van der Waals surface area contributed by atoms with Gasteiger partial charge in [-0.2, -0.15) is 0 Å². The first-order valence-corrected chi connectivity index (χ1v) is 12.1. The van der Waals surface area contributed by atoms with Crippen LogP contribution in [-0.2, 0) is 12.8 Å². The fourth-order valence-electron chi connectivity index (χ4n) is 4.32. The molecule has 8 heteroatoms. The predicted molar refractivity (Wildman–Crippen MR) is 125 cm³/mol. The Morgan fingerprint density at radius 2 is 1.15 bits per heavy atom. The van der Waals surface area contributed by atoms with Gasteiger partial charge in [0.2, 0.25) is 0 Å². The van der Waals surface area contributed by atoms with Crippen molar-refractivity contribution in [3.63, 3.8) is 0 Å². The summed E-state index contributed by atoms with van der Waals surface area (Å²) in [5.41, 5.74) is -1.69. The molecule has 1 aliphatic carbocycles. The molecule has 3 heterocycles. The molecule has 4 bridgehead atoms. The smallest absolute Gasteiger partial charge is 0.350 e. The quantitative estimate of drug-likeness (QED) is 0.555. The van der Waals surface area contributed by atoms with E-state index in [1.54, 1.807) is 0 Å². The molecular weight excluding hydrogens is 440 g/mol. The minimum absolute atomic E-state index is 0.123. The van der Waals surface area contributed by atoms with E-state index < -0.39 is 22.8 Å². The van der Waals surface area contributed by atoms with Crippen LogP contribution in [0.5, 0.6) is 11.5 Å². The Kier molecular flexibility index (Phi) is 9.24. The number of Topliss-reactive ketones (excluding diaryl/α,β-unsaturated/α-hetero) is 2. The maximum atomic E-state index is 12.5. The summed E-state index contributed by atoms with van der Waals surface area (Å²) in [5.74, 6) is -1.09. The second kappa shape index (κ2) is 12.3. The van der Waals surface area contributed by atoms with E-state index in [0.717, 1.165) is 38.5 Å². The molecule has 0 fully saturated rings. The molecule has 0 spiro atoms. The zero-order valence-electron chi connectivity index (χ0n) is 19.4. The summed E-state index contributed by atoms with van der Waals surface area (Å²) in [7, 11) is 0. The van der Waals surface area contributed by atoms with Gasteiger partial charge in [0, 0.05) is 30.9 Å².